The van der Waals surface area contributed by atoms with Crippen LogP contribution in [0.15, 0.2) is 35.4 Å². The Balaban J connectivity index is 2.34. The van der Waals surface area contributed by atoms with Crippen LogP contribution in [0.25, 0.3) is 10.9 Å². The van der Waals surface area contributed by atoms with Gasteiger partial charge in [-0.05, 0) is 24.5 Å². The third-order valence-electron chi connectivity index (χ3n) is 3.66. The third kappa shape index (κ3) is 4.18. The molecular formula is C17H21N3O4. The lowest BCUT2D eigenvalue weighted by molar-refractivity contribution is -0.137. The zero-order valence-electron chi connectivity index (χ0n) is 13.7. The van der Waals surface area contributed by atoms with E-state index < -0.39 is 12.0 Å². The number of nitrogens with one attached hydrogen (secondary N) is 1. The highest BCUT2D eigenvalue weighted by atomic mass is 16.4. The molecule has 0 bridgehead atoms. The first kappa shape index (κ1) is 17.7. The van der Waals surface area contributed by atoms with E-state index in [-0.39, 0.29) is 30.3 Å². The molecule has 0 spiro atoms. The maximum Gasteiger partial charge on any atom is 0.305 e. The summed E-state index contributed by atoms with van der Waals surface area (Å²) in [6.45, 7) is 3.94. The highest BCUT2D eigenvalue weighted by Gasteiger charge is 2.23. The predicted molar refractivity (Wildman–Crippen MR) is 89.8 cm³/mol. The summed E-state index contributed by atoms with van der Waals surface area (Å²) in [6, 6.07) is 6.24. The second kappa shape index (κ2) is 7.72. The number of fused-ring (bicyclic) bond motifs is 1. The van der Waals surface area contributed by atoms with Gasteiger partial charge in [-0.3, -0.25) is 19.0 Å². The minimum atomic E-state index is -0.986. The zero-order chi connectivity index (χ0) is 17.7. The van der Waals surface area contributed by atoms with Crippen molar-refractivity contribution < 1.29 is 14.7 Å². The number of aromatic nitrogens is 2. The molecule has 1 atom stereocenters. The molecule has 2 aromatic rings. The van der Waals surface area contributed by atoms with E-state index in [0.717, 1.165) is 0 Å². The van der Waals surface area contributed by atoms with Gasteiger partial charge >= 0.3 is 5.97 Å². The van der Waals surface area contributed by atoms with E-state index in [1.807, 2.05) is 13.8 Å². The largest absolute Gasteiger partial charge is 0.481 e. The SMILES string of the molecule is CC(C)C[C@@H](C(=O)NCCC(=O)O)n1cnc2ccccc2c1=O. The molecule has 0 saturated heterocycles. The van der Waals surface area contributed by atoms with Crippen LogP contribution < -0.4 is 10.9 Å². The van der Waals surface area contributed by atoms with Crippen LogP contribution in [0.3, 0.4) is 0 Å². The van der Waals surface area contributed by atoms with Crippen LogP contribution in [0, 0.1) is 5.92 Å². The van der Waals surface area contributed by atoms with Crippen molar-refractivity contribution in [1.29, 1.82) is 0 Å². The number of carbonyl (C=O) groups excluding carboxylic acids is 1. The molecule has 7 nitrogen and oxygen atoms in total. The fourth-order valence-corrected chi connectivity index (χ4v) is 2.51. The number of nitrogens with zero attached hydrogens (tertiary/aromatic N) is 2. The van der Waals surface area contributed by atoms with Gasteiger partial charge < -0.3 is 10.4 Å². The van der Waals surface area contributed by atoms with Crippen molar-refractivity contribution in [2.75, 3.05) is 6.54 Å². The first-order valence-electron chi connectivity index (χ1n) is 7.85. The van der Waals surface area contributed by atoms with Crippen molar-refractivity contribution in [3.63, 3.8) is 0 Å². The van der Waals surface area contributed by atoms with Crippen molar-refractivity contribution in [1.82, 2.24) is 14.9 Å². The summed E-state index contributed by atoms with van der Waals surface area (Å²) in [7, 11) is 0. The average Bonchev–Trinajstić information content (AvgIpc) is 2.53. The second-order valence-electron chi connectivity index (χ2n) is 6.05. The summed E-state index contributed by atoms with van der Waals surface area (Å²) in [5.41, 5.74) is 0.299. The average molecular weight is 331 g/mol. The van der Waals surface area contributed by atoms with E-state index in [0.29, 0.717) is 17.3 Å². The molecule has 1 amide bonds. The minimum Gasteiger partial charge on any atom is -0.481 e. The number of hydrogen-bond donors (Lipinski definition) is 2. The molecule has 0 aliphatic carbocycles. The standard InChI is InChI=1S/C17H21N3O4/c1-11(2)9-14(16(23)18-8-7-15(21)22)20-10-19-13-6-4-3-5-12(13)17(20)24/h3-6,10-11,14H,7-9H2,1-2H3,(H,18,23)(H,21,22)/t14-/m0/s1. The lowest BCUT2D eigenvalue weighted by Crippen LogP contribution is -2.38. The maximum absolute atomic E-state index is 12.7. The van der Waals surface area contributed by atoms with E-state index >= 15 is 0 Å². The van der Waals surface area contributed by atoms with E-state index in [2.05, 4.69) is 10.3 Å². The Morgan fingerprint density at radius 1 is 1.29 bits per heavy atom. The normalized spacial score (nSPS) is 12.3. The van der Waals surface area contributed by atoms with Crippen molar-refractivity contribution in [3.8, 4) is 0 Å². The molecule has 0 aliphatic rings. The second-order valence-corrected chi connectivity index (χ2v) is 6.05. The number of para-hydroxylation sites is 1. The summed E-state index contributed by atoms with van der Waals surface area (Å²) < 4.78 is 1.33. The van der Waals surface area contributed by atoms with Crippen molar-refractivity contribution in [2.24, 2.45) is 5.92 Å². The molecular weight excluding hydrogens is 310 g/mol. The van der Waals surface area contributed by atoms with Crippen LogP contribution >= 0.6 is 0 Å². The number of hydrogen-bond acceptors (Lipinski definition) is 4. The Kier molecular flexibility index (Phi) is 5.68. The van der Waals surface area contributed by atoms with Crippen LogP contribution in [0.2, 0.25) is 0 Å². The number of carboxylic acids is 1. The van der Waals surface area contributed by atoms with Gasteiger partial charge in [0, 0.05) is 6.54 Å². The quantitative estimate of drug-likeness (QED) is 0.802. The Hall–Kier alpha value is -2.70. The van der Waals surface area contributed by atoms with Gasteiger partial charge in [-0.25, -0.2) is 4.98 Å². The summed E-state index contributed by atoms with van der Waals surface area (Å²) in [4.78, 5) is 40.0. The highest BCUT2D eigenvalue weighted by molar-refractivity contribution is 5.82. The lowest BCUT2D eigenvalue weighted by Gasteiger charge is -2.21. The first-order valence-corrected chi connectivity index (χ1v) is 7.85. The summed E-state index contributed by atoms with van der Waals surface area (Å²) >= 11 is 0. The van der Waals surface area contributed by atoms with Crippen molar-refractivity contribution in [3.05, 3.63) is 40.9 Å². The van der Waals surface area contributed by atoms with Gasteiger partial charge in [-0.15, -0.1) is 0 Å². The third-order valence-corrected chi connectivity index (χ3v) is 3.66. The summed E-state index contributed by atoms with van der Waals surface area (Å²) in [5, 5.41) is 11.7. The Morgan fingerprint density at radius 2 is 2.00 bits per heavy atom. The molecule has 1 aromatic heterocycles. The van der Waals surface area contributed by atoms with Crippen LogP contribution in [0.4, 0.5) is 0 Å². The van der Waals surface area contributed by atoms with Gasteiger partial charge in [0.15, 0.2) is 0 Å². The molecule has 0 unspecified atom stereocenters. The van der Waals surface area contributed by atoms with Gasteiger partial charge in [0.05, 0.1) is 23.7 Å². The topological polar surface area (TPSA) is 101 Å². The molecule has 1 heterocycles. The molecule has 0 fully saturated rings. The molecule has 1 aromatic carbocycles. The highest BCUT2D eigenvalue weighted by Crippen LogP contribution is 2.17. The number of rotatable bonds is 7. The monoisotopic (exact) mass is 331 g/mol. The fraction of sp³-hybridized carbons (Fsp3) is 0.412. The Bertz CT molecular complexity index is 798. The van der Waals surface area contributed by atoms with E-state index in [9.17, 15) is 14.4 Å². The molecule has 0 radical (unpaired) electrons. The number of amides is 1. The summed E-state index contributed by atoms with van der Waals surface area (Å²) in [5.74, 6) is -1.18. The molecule has 0 saturated carbocycles. The molecule has 24 heavy (non-hydrogen) atoms. The maximum atomic E-state index is 12.7. The molecule has 7 heteroatoms. The van der Waals surface area contributed by atoms with Gasteiger partial charge in [-0.2, -0.15) is 0 Å². The van der Waals surface area contributed by atoms with Gasteiger partial charge in [0.1, 0.15) is 6.04 Å². The smallest absolute Gasteiger partial charge is 0.305 e. The van der Waals surface area contributed by atoms with Gasteiger partial charge in [0.2, 0.25) is 5.91 Å². The molecule has 128 valence electrons. The lowest BCUT2D eigenvalue weighted by atomic mass is 10.0. The van der Waals surface area contributed by atoms with Crippen molar-refractivity contribution in [2.45, 2.75) is 32.7 Å². The van der Waals surface area contributed by atoms with E-state index in [4.69, 9.17) is 5.11 Å². The van der Waals surface area contributed by atoms with E-state index in [1.54, 1.807) is 24.3 Å². The molecule has 2 rings (SSSR count). The van der Waals surface area contributed by atoms with Gasteiger partial charge in [-0.1, -0.05) is 26.0 Å². The predicted octanol–water partition coefficient (Wildman–Crippen LogP) is 1.57. The van der Waals surface area contributed by atoms with Crippen LogP contribution in [-0.4, -0.2) is 33.1 Å². The molecule has 2 N–H and O–H groups in total. The van der Waals surface area contributed by atoms with Crippen molar-refractivity contribution >= 4 is 22.8 Å². The first-order chi connectivity index (χ1) is 11.4. The van der Waals surface area contributed by atoms with Crippen LogP contribution in [0.5, 0.6) is 0 Å². The van der Waals surface area contributed by atoms with Gasteiger partial charge in [0.25, 0.3) is 5.56 Å². The fourth-order valence-electron chi connectivity index (χ4n) is 2.51. The minimum absolute atomic E-state index is 0.0263. The number of carboxylic acid groups (broad SMARTS) is 1. The number of aliphatic carboxylic acids is 1. The van der Waals surface area contributed by atoms with Crippen LogP contribution in [0.1, 0.15) is 32.7 Å². The molecule has 0 aliphatic heterocycles. The summed E-state index contributed by atoms with van der Waals surface area (Å²) in [6.07, 6.45) is 1.68. The Labute approximate surface area is 139 Å². The van der Waals surface area contributed by atoms with E-state index in [1.165, 1.54) is 10.9 Å². The number of carbonyl (C=O) groups is 2. The number of benzene rings is 1. The van der Waals surface area contributed by atoms with Crippen LogP contribution in [-0.2, 0) is 9.59 Å². The Morgan fingerprint density at radius 3 is 2.67 bits per heavy atom. The zero-order valence-corrected chi connectivity index (χ0v) is 13.7.